The molecule has 1 aromatic carbocycles. The molecule has 0 aliphatic heterocycles. The summed E-state index contributed by atoms with van der Waals surface area (Å²) in [5, 5.41) is 4.51. The Kier molecular flexibility index (Phi) is 2.95. The van der Waals surface area contributed by atoms with E-state index in [1.807, 2.05) is 6.07 Å². The Bertz CT molecular complexity index is 746. The summed E-state index contributed by atoms with van der Waals surface area (Å²) >= 11 is 0. The first-order chi connectivity index (χ1) is 9.65. The maximum Gasteiger partial charge on any atom is 0.250 e. The number of hydrogen-bond donors (Lipinski definition) is 1. The molecule has 2 N–H and O–H groups in total. The molecule has 0 aliphatic carbocycles. The van der Waals surface area contributed by atoms with Crippen molar-refractivity contribution in [1.82, 2.24) is 19.7 Å². The van der Waals surface area contributed by atoms with E-state index in [0.717, 1.165) is 16.8 Å². The lowest BCUT2D eigenvalue weighted by Crippen LogP contribution is -2.00. The Morgan fingerprint density at radius 3 is 2.55 bits per heavy atom. The van der Waals surface area contributed by atoms with Crippen LogP contribution in [0.1, 0.15) is 11.1 Å². The van der Waals surface area contributed by atoms with Crippen molar-refractivity contribution in [2.45, 2.75) is 13.8 Å². The zero-order chi connectivity index (χ0) is 14.1. The van der Waals surface area contributed by atoms with E-state index in [1.165, 1.54) is 5.56 Å². The maximum absolute atomic E-state index is 6.08. The van der Waals surface area contributed by atoms with Crippen molar-refractivity contribution in [3.8, 4) is 17.2 Å². The molecule has 20 heavy (non-hydrogen) atoms. The fourth-order valence-electron chi connectivity index (χ4n) is 2.19. The van der Waals surface area contributed by atoms with E-state index >= 15 is 0 Å². The molecular weight excluding hydrogens is 250 g/mol. The van der Waals surface area contributed by atoms with Gasteiger partial charge in [0.25, 0.3) is 5.95 Å². The van der Waals surface area contributed by atoms with Crippen LogP contribution in [0.2, 0.25) is 0 Å². The van der Waals surface area contributed by atoms with Crippen LogP contribution in [0.15, 0.2) is 42.9 Å². The van der Waals surface area contributed by atoms with Crippen molar-refractivity contribution in [2.24, 2.45) is 0 Å². The minimum Gasteiger partial charge on any atom is -0.396 e. The lowest BCUT2D eigenvalue weighted by atomic mass is 10.0. The average molecular weight is 265 g/mol. The molecule has 3 rings (SSSR count). The molecule has 0 aliphatic rings. The number of benzene rings is 1. The smallest absolute Gasteiger partial charge is 0.250 e. The van der Waals surface area contributed by atoms with Gasteiger partial charge in [-0.15, -0.1) is 0 Å². The second-order valence-electron chi connectivity index (χ2n) is 4.74. The summed E-state index contributed by atoms with van der Waals surface area (Å²) in [6.07, 6.45) is 5.10. The lowest BCUT2D eigenvalue weighted by Gasteiger charge is -2.04. The number of nitrogen functional groups attached to an aromatic ring is 1. The molecule has 0 atom stereocenters. The monoisotopic (exact) mass is 265 g/mol. The molecule has 0 saturated carbocycles. The first-order valence-corrected chi connectivity index (χ1v) is 6.35. The molecule has 5 nitrogen and oxygen atoms in total. The predicted molar refractivity (Wildman–Crippen MR) is 78.5 cm³/mol. The van der Waals surface area contributed by atoms with Crippen LogP contribution < -0.4 is 5.73 Å². The summed E-state index contributed by atoms with van der Waals surface area (Å²) in [5.74, 6) is 0.509. The van der Waals surface area contributed by atoms with Crippen molar-refractivity contribution >= 4 is 5.69 Å². The molecule has 0 unspecified atom stereocenters. The second kappa shape index (κ2) is 4.77. The van der Waals surface area contributed by atoms with Gasteiger partial charge in [0.2, 0.25) is 0 Å². The molecule has 100 valence electrons. The minimum atomic E-state index is 0.509. The zero-order valence-corrected chi connectivity index (χ0v) is 11.4. The summed E-state index contributed by atoms with van der Waals surface area (Å²) in [4.78, 5) is 8.33. The predicted octanol–water partition coefficient (Wildman–Crippen LogP) is 2.53. The molecule has 2 aromatic heterocycles. The van der Waals surface area contributed by atoms with Crippen LogP contribution >= 0.6 is 0 Å². The van der Waals surface area contributed by atoms with Crippen LogP contribution in [-0.2, 0) is 0 Å². The van der Waals surface area contributed by atoms with Crippen LogP contribution in [0.4, 0.5) is 5.69 Å². The van der Waals surface area contributed by atoms with E-state index in [9.17, 15) is 0 Å². The molecule has 0 fully saturated rings. The summed E-state index contributed by atoms with van der Waals surface area (Å²) in [5.41, 5.74) is 10.9. The van der Waals surface area contributed by atoms with E-state index in [4.69, 9.17) is 5.73 Å². The van der Waals surface area contributed by atoms with Gasteiger partial charge in [-0.25, -0.2) is 14.6 Å². The average Bonchev–Trinajstić information content (AvgIpc) is 2.82. The third-order valence-electron chi connectivity index (χ3n) is 3.14. The third kappa shape index (κ3) is 2.14. The molecular formula is C15H15N5. The first kappa shape index (κ1) is 12.3. The lowest BCUT2D eigenvalue weighted by molar-refractivity contribution is 0.811. The molecule has 0 spiro atoms. The molecule has 0 bridgehead atoms. The molecule has 0 saturated heterocycles. The molecule has 5 heteroatoms. The number of aryl methyl sites for hydroxylation is 2. The number of nitrogens with two attached hydrogens (primary N) is 1. The second-order valence-corrected chi connectivity index (χ2v) is 4.74. The maximum atomic E-state index is 6.08. The van der Waals surface area contributed by atoms with E-state index < -0.39 is 0 Å². The van der Waals surface area contributed by atoms with Crippen LogP contribution in [0.25, 0.3) is 17.2 Å². The summed E-state index contributed by atoms with van der Waals surface area (Å²) < 4.78 is 1.60. The van der Waals surface area contributed by atoms with Gasteiger partial charge in [0.1, 0.15) is 5.69 Å². The molecule has 0 amide bonds. The van der Waals surface area contributed by atoms with Crippen molar-refractivity contribution in [3.63, 3.8) is 0 Å². The van der Waals surface area contributed by atoms with Crippen molar-refractivity contribution < 1.29 is 0 Å². The van der Waals surface area contributed by atoms with Gasteiger partial charge in [-0.1, -0.05) is 23.8 Å². The highest BCUT2D eigenvalue weighted by molar-refractivity contribution is 5.74. The number of aromatic nitrogens is 4. The highest BCUT2D eigenvalue weighted by Crippen LogP contribution is 2.28. The third-order valence-corrected chi connectivity index (χ3v) is 3.14. The van der Waals surface area contributed by atoms with E-state index in [0.29, 0.717) is 11.6 Å². The van der Waals surface area contributed by atoms with Crippen LogP contribution in [0.5, 0.6) is 0 Å². The van der Waals surface area contributed by atoms with E-state index in [-0.39, 0.29) is 0 Å². The number of hydrogen-bond acceptors (Lipinski definition) is 4. The Labute approximate surface area is 117 Å². The quantitative estimate of drug-likeness (QED) is 0.773. The minimum absolute atomic E-state index is 0.509. The SMILES string of the molecule is Cc1ccc(-c2nn(-c3ncccn3)cc2N)c(C)c1. The highest BCUT2D eigenvalue weighted by Gasteiger charge is 2.12. The van der Waals surface area contributed by atoms with Gasteiger partial charge in [0.15, 0.2) is 0 Å². The standard InChI is InChI=1S/C15H15N5/c1-10-4-5-12(11(2)8-10)14-13(16)9-20(19-14)15-17-6-3-7-18-15/h3-9H,16H2,1-2H3. The first-order valence-electron chi connectivity index (χ1n) is 6.35. The Hall–Kier alpha value is -2.69. The van der Waals surface area contributed by atoms with Gasteiger partial charge in [-0.3, -0.25) is 0 Å². The largest absolute Gasteiger partial charge is 0.396 e. The van der Waals surface area contributed by atoms with Gasteiger partial charge >= 0.3 is 0 Å². The van der Waals surface area contributed by atoms with Crippen molar-refractivity contribution in [2.75, 3.05) is 5.73 Å². The summed E-state index contributed by atoms with van der Waals surface area (Å²) in [6, 6.07) is 7.98. The topological polar surface area (TPSA) is 69.6 Å². The fraction of sp³-hybridized carbons (Fsp3) is 0.133. The zero-order valence-electron chi connectivity index (χ0n) is 11.4. The fourth-order valence-corrected chi connectivity index (χ4v) is 2.19. The number of anilines is 1. The summed E-state index contributed by atoms with van der Waals surface area (Å²) in [7, 11) is 0. The van der Waals surface area contributed by atoms with Crippen molar-refractivity contribution in [1.29, 1.82) is 0 Å². The number of rotatable bonds is 2. The Morgan fingerprint density at radius 2 is 1.85 bits per heavy atom. The Morgan fingerprint density at radius 1 is 1.10 bits per heavy atom. The number of nitrogens with zero attached hydrogens (tertiary/aromatic N) is 4. The van der Waals surface area contributed by atoms with Gasteiger partial charge in [0, 0.05) is 18.0 Å². The van der Waals surface area contributed by atoms with Gasteiger partial charge in [-0.05, 0) is 25.5 Å². The highest BCUT2D eigenvalue weighted by atomic mass is 15.3. The van der Waals surface area contributed by atoms with E-state index in [2.05, 4.69) is 41.0 Å². The molecule has 3 aromatic rings. The van der Waals surface area contributed by atoms with Crippen LogP contribution in [-0.4, -0.2) is 19.7 Å². The summed E-state index contributed by atoms with van der Waals surface area (Å²) in [6.45, 7) is 4.12. The normalized spacial score (nSPS) is 10.7. The molecule has 2 heterocycles. The Balaban J connectivity index is 2.10. The van der Waals surface area contributed by atoms with E-state index in [1.54, 1.807) is 29.3 Å². The van der Waals surface area contributed by atoms with Gasteiger partial charge < -0.3 is 5.73 Å². The molecule has 0 radical (unpaired) electrons. The van der Waals surface area contributed by atoms with Crippen LogP contribution in [0.3, 0.4) is 0 Å². The van der Waals surface area contributed by atoms with Crippen molar-refractivity contribution in [3.05, 3.63) is 54.0 Å². The van der Waals surface area contributed by atoms with Gasteiger partial charge in [0.05, 0.1) is 11.9 Å². The van der Waals surface area contributed by atoms with Gasteiger partial charge in [-0.2, -0.15) is 5.10 Å². The van der Waals surface area contributed by atoms with Crippen LogP contribution in [0, 0.1) is 13.8 Å².